The number of ether oxygens (including phenoxy) is 2. The molecule has 0 aliphatic carbocycles. The molecule has 0 fully saturated rings. The summed E-state index contributed by atoms with van der Waals surface area (Å²) in [6, 6.07) is 24.1. The summed E-state index contributed by atoms with van der Waals surface area (Å²) in [5, 5.41) is 15.6. The molecule has 8 nitrogen and oxygen atoms in total. The number of pyridine rings is 1. The summed E-state index contributed by atoms with van der Waals surface area (Å²) in [6.45, 7) is 3.36. The fourth-order valence-corrected chi connectivity index (χ4v) is 3.97. The lowest BCUT2D eigenvalue weighted by molar-refractivity contribution is 0.309. The predicted molar refractivity (Wildman–Crippen MR) is 135 cm³/mol. The Labute approximate surface area is 203 Å². The van der Waals surface area contributed by atoms with Crippen LogP contribution < -0.4 is 15.2 Å². The van der Waals surface area contributed by atoms with E-state index in [1.165, 1.54) is 0 Å². The van der Waals surface area contributed by atoms with Crippen molar-refractivity contribution in [3.63, 3.8) is 0 Å². The first-order chi connectivity index (χ1) is 17.2. The van der Waals surface area contributed by atoms with Crippen LogP contribution in [0.2, 0.25) is 0 Å². The van der Waals surface area contributed by atoms with Gasteiger partial charge >= 0.3 is 0 Å². The molecule has 8 heteroatoms. The van der Waals surface area contributed by atoms with Gasteiger partial charge in [0.05, 0.1) is 5.52 Å². The lowest BCUT2D eigenvalue weighted by Crippen LogP contribution is -2.10. The van der Waals surface area contributed by atoms with E-state index in [9.17, 15) is 0 Å². The number of nitrogens with zero attached hydrogens (tertiary/aromatic N) is 4. The van der Waals surface area contributed by atoms with Crippen LogP contribution in [0.5, 0.6) is 11.5 Å². The van der Waals surface area contributed by atoms with E-state index in [2.05, 4.69) is 51.8 Å². The molecule has 0 saturated carbocycles. The van der Waals surface area contributed by atoms with Gasteiger partial charge in [-0.2, -0.15) is 5.21 Å². The van der Waals surface area contributed by atoms with Gasteiger partial charge in [0.15, 0.2) is 0 Å². The quantitative estimate of drug-likeness (QED) is 0.327. The molecule has 0 saturated heterocycles. The van der Waals surface area contributed by atoms with E-state index in [0.29, 0.717) is 25.6 Å². The highest BCUT2D eigenvalue weighted by molar-refractivity contribution is 5.86. The van der Waals surface area contributed by atoms with Crippen LogP contribution in [0.25, 0.3) is 33.4 Å². The topological polar surface area (TPSA) is 112 Å². The Morgan fingerprint density at radius 1 is 0.914 bits per heavy atom. The SMILES string of the molecule is CCc1cc(OCc2ccc(-c3ccccc3)c(-c3nn[nH]n3)c2)c2cc(OCCN)ccc2n1. The molecular formula is C27H26N6O2. The smallest absolute Gasteiger partial charge is 0.205 e. The van der Waals surface area contributed by atoms with Crippen LogP contribution >= 0.6 is 0 Å². The molecule has 0 aliphatic heterocycles. The largest absolute Gasteiger partial charge is 0.492 e. The summed E-state index contributed by atoms with van der Waals surface area (Å²) in [5.74, 6) is 2.04. The van der Waals surface area contributed by atoms with Gasteiger partial charge < -0.3 is 15.2 Å². The number of rotatable bonds is 9. The number of nitrogens with two attached hydrogens (primary N) is 1. The van der Waals surface area contributed by atoms with Crippen molar-refractivity contribution in [2.75, 3.05) is 13.2 Å². The summed E-state index contributed by atoms with van der Waals surface area (Å²) < 4.78 is 12.1. The van der Waals surface area contributed by atoms with Gasteiger partial charge in [0, 0.05) is 29.3 Å². The number of aromatic amines is 1. The van der Waals surface area contributed by atoms with Gasteiger partial charge in [-0.05, 0) is 52.6 Å². The van der Waals surface area contributed by atoms with Crippen molar-refractivity contribution < 1.29 is 9.47 Å². The van der Waals surface area contributed by atoms with Crippen molar-refractivity contribution in [1.29, 1.82) is 0 Å². The van der Waals surface area contributed by atoms with E-state index >= 15 is 0 Å². The van der Waals surface area contributed by atoms with Crippen LogP contribution in [0.15, 0.2) is 72.8 Å². The van der Waals surface area contributed by atoms with Crippen LogP contribution in [0.4, 0.5) is 0 Å². The highest BCUT2D eigenvalue weighted by atomic mass is 16.5. The fraction of sp³-hybridized carbons (Fsp3) is 0.185. The first kappa shape index (κ1) is 22.5. The number of benzene rings is 3. The zero-order valence-electron chi connectivity index (χ0n) is 19.4. The molecule has 0 unspecified atom stereocenters. The Morgan fingerprint density at radius 2 is 1.80 bits per heavy atom. The minimum atomic E-state index is 0.371. The first-order valence-corrected chi connectivity index (χ1v) is 11.6. The molecule has 0 atom stereocenters. The number of H-pyrrole nitrogens is 1. The number of hydrogen-bond donors (Lipinski definition) is 2. The average Bonchev–Trinajstić information content (AvgIpc) is 3.46. The number of aryl methyl sites for hydroxylation is 1. The van der Waals surface area contributed by atoms with Crippen molar-refractivity contribution in [2.24, 2.45) is 5.73 Å². The molecule has 35 heavy (non-hydrogen) atoms. The summed E-state index contributed by atoms with van der Waals surface area (Å²) >= 11 is 0. The van der Waals surface area contributed by atoms with Crippen LogP contribution in [0, 0.1) is 0 Å². The third-order valence-corrected chi connectivity index (χ3v) is 5.69. The van der Waals surface area contributed by atoms with Gasteiger partial charge in [0.2, 0.25) is 5.82 Å². The van der Waals surface area contributed by atoms with Crippen LogP contribution in [0.3, 0.4) is 0 Å². The Morgan fingerprint density at radius 3 is 2.57 bits per heavy atom. The van der Waals surface area contributed by atoms with Crippen LogP contribution in [-0.4, -0.2) is 38.8 Å². The molecule has 0 amide bonds. The third-order valence-electron chi connectivity index (χ3n) is 5.69. The van der Waals surface area contributed by atoms with Crippen molar-refractivity contribution in [3.05, 3.63) is 84.1 Å². The maximum Gasteiger partial charge on any atom is 0.205 e. The summed E-state index contributed by atoms with van der Waals surface area (Å²) in [6.07, 6.45) is 0.811. The molecule has 5 aromatic rings. The number of tetrazole rings is 1. The molecule has 0 aliphatic rings. The lowest BCUT2D eigenvalue weighted by Gasteiger charge is -2.14. The van der Waals surface area contributed by atoms with Crippen LogP contribution in [0.1, 0.15) is 18.2 Å². The number of fused-ring (bicyclic) bond motifs is 1. The van der Waals surface area contributed by atoms with Gasteiger partial charge in [-0.1, -0.05) is 49.4 Å². The van der Waals surface area contributed by atoms with Gasteiger partial charge in [-0.3, -0.25) is 4.98 Å². The molecule has 3 N–H and O–H groups in total. The van der Waals surface area contributed by atoms with E-state index in [4.69, 9.17) is 20.2 Å². The number of aromatic nitrogens is 5. The summed E-state index contributed by atoms with van der Waals surface area (Å²) in [7, 11) is 0. The Balaban J connectivity index is 1.48. The van der Waals surface area contributed by atoms with Crippen molar-refractivity contribution >= 4 is 10.9 Å². The molecule has 5 rings (SSSR count). The van der Waals surface area contributed by atoms with E-state index in [-0.39, 0.29) is 0 Å². The maximum absolute atomic E-state index is 6.34. The maximum atomic E-state index is 6.34. The zero-order chi connectivity index (χ0) is 24.0. The first-order valence-electron chi connectivity index (χ1n) is 11.6. The lowest BCUT2D eigenvalue weighted by atomic mass is 9.97. The second kappa shape index (κ2) is 10.3. The second-order valence-corrected chi connectivity index (χ2v) is 8.05. The normalized spacial score (nSPS) is 11.0. The average molecular weight is 467 g/mol. The van der Waals surface area contributed by atoms with E-state index in [1.54, 1.807) is 0 Å². The van der Waals surface area contributed by atoms with E-state index < -0.39 is 0 Å². The zero-order valence-corrected chi connectivity index (χ0v) is 19.4. The number of hydrogen-bond acceptors (Lipinski definition) is 7. The summed E-state index contributed by atoms with van der Waals surface area (Å²) in [4.78, 5) is 4.74. The monoisotopic (exact) mass is 466 g/mol. The predicted octanol–water partition coefficient (Wildman–Crippen LogP) is 4.56. The number of nitrogens with one attached hydrogen (secondary N) is 1. The Hall–Kier alpha value is -4.30. The molecule has 3 aromatic carbocycles. The molecule has 2 heterocycles. The Kier molecular flexibility index (Phi) is 6.63. The molecular weight excluding hydrogens is 440 g/mol. The molecule has 0 bridgehead atoms. The third kappa shape index (κ3) is 4.97. The van der Waals surface area contributed by atoms with Crippen molar-refractivity contribution in [3.8, 4) is 34.0 Å². The van der Waals surface area contributed by atoms with Crippen LogP contribution in [-0.2, 0) is 13.0 Å². The fourth-order valence-electron chi connectivity index (χ4n) is 3.97. The molecule has 2 aromatic heterocycles. The Bertz CT molecular complexity index is 1420. The highest BCUT2D eigenvalue weighted by Crippen LogP contribution is 2.33. The highest BCUT2D eigenvalue weighted by Gasteiger charge is 2.14. The minimum absolute atomic E-state index is 0.371. The second-order valence-electron chi connectivity index (χ2n) is 8.05. The van der Waals surface area contributed by atoms with E-state index in [1.807, 2.05) is 48.5 Å². The van der Waals surface area contributed by atoms with Gasteiger partial charge in [-0.25, -0.2) is 0 Å². The van der Waals surface area contributed by atoms with Gasteiger partial charge in [-0.15, -0.1) is 10.2 Å². The van der Waals surface area contributed by atoms with Gasteiger partial charge in [0.25, 0.3) is 0 Å². The molecule has 0 spiro atoms. The molecule has 0 radical (unpaired) electrons. The summed E-state index contributed by atoms with van der Waals surface area (Å²) in [5.41, 5.74) is 11.4. The van der Waals surface area contributed by atoms with Crippen molar-refractivity contribution in [2.45, 2.75) is 20.0 Å². The minimum Gasteiger partial charge on any atom is -0.492 e. The standard InChI is InChI=1S/C27H26N6O2/c1-2-20-15-26(24-16-21(34-13-12-28)9-11-25(24)29-20)35-17-18-8-10-22(19-6-4-3-5-7-19)23(14-18)27-30-32-33-31-27/h3-11,14-16H,2,12-13,17,28H2,1H3,(H,30,31,32,33). The van der Waals surface area contributed by atoms with Crippen molar-refractivity contribution in [1.82, 2.24) is 25.6 Å². The van der Waals surface area contributed by atoms with E-state index in [0.717, 1.165) is 56.8 Å². The van der Waals surface area contributed by atoms with Gasteiger partial charge in [0.1, 0.15) is 24.7 Å². The molecule has 176 valence electrons.